The maximum absolute atomic E-state index is 11.5. The van der Waals surface area contributed by atoms with Crippen molar-refractivity contribution in [2.24, 2.45) is 0 Å². The molecule has 0 spiro atoms. The van der Waals surface area contributed by atoms with Gasteiger partial charge in [-0.25, -0.2) is 0 Å². The number of aromatic nitrogens is 1. The molecule has 0 fully saturated rings. The summed E-state index contributed by atoms with van der Waals surface area (Å²) in [5, 5.41) is 14.5. The number of fused-ring (bicyclic) bond motifs is 3. The van der Waals surface area contributed by atoms with Gasteiger partial charge >= 0.3 is 0 Å². The van der Waals surface area contributed by atoms with Crippen LogP contribution in [0.3, 0.4) is 0 Å². The third-order valence-corrected chi connectivity index (χ3v) is 4.71. The number of hydrogen-bond acceptors (Lipinski definition) is 2. The Morgan fingerprint density at radius 1 is 1.13 bits per heavy atom. The highest BCUT2D eigenvalue weighted by atomic mass is 16.4. The quantitative estimate of drug-likeness (QED) is 0.747. The summed E-state index contributed by atoms with van der Waals surface area (Å²) in [6.07, 6.45) is 1.30. The van der Waals surface area contributed by atoms with E-state index in [1.165, 1.54) is 5.56 Å². The molecule has 3 aromatic rings. The van der Waals surface area contributed by atoms with Crippen molar-refractivity contribution in [1.29, 1.82) is 0 Å². The summed E-state index contributed by atoms with van der Waals surface area (Å²) in [5.74, 6) is -0.987. The molecule has 1 aliphatic heterocycles. The van der Waals surface area contributed by atoms with E-state index >= 15 is 0 Å². The van der Waals surface area contributed by atoms with Crippen molar-refractivity contribution < 1.29 is 15.2 Å². The van der Waals surface area contributed by atoms with Gasteiger partial charge in [-0.3, -0.25) is 0 Å². The molecule has 0 radical (unpaired) electrons. The van der Waals surface area contributed by atoms with E-state index in [1.54, 1.807) is 0 Å². The molecule has 0 saturated carbocycles. The van der Waals surface area contributed by atoms with Crippen molar-refractivity contribution in [3.8, 4) is 0 Å². The van der Waals surface area contributed by atoms with Gasteiger partial charge in [-0.05, 0) is 17.2 Å². The molecule has 2 aromatic carbocycles. The van der Waals surface area contributed by atoms with Gasteiger partial charge in [0.15, 0.2) is 0 Å². The van der Waals surface area contributed by atoms with Crippen molar-refractivity contribution in [3.63, 3.8) is 0 Å². The molecule has 1 aliphatic rings. The summed E-state index contributed by atoms with van der Waals surface area (Å²) in [6.45, 7) is 0. The van der Waals surface area contributed by atoms with Crippen LogP contribution in [0.1, 0.15) is 22.9 Å². The average Bonchev–Trinajstić information content (AvgIpc) is 2.95. The summed E-state index contributed by atoms with van der Waals surface area (Å²) in [7, 11) is 0. The molecule has 116 valence electrons. The summed E-state index contributed by atoms with van der Waals surface area (Å²) in [5.41, 5.74) is 4.55. The Labute approximate surface area is 134 Å². The second kappa shape index (κ2) is 5.56. The van der Waals surface area contributed by atoms with Crippen molar-refractivity contribution >= 4 is 16.9 Å². The highest BCUT2D eigenvalue weighted by Crippen LogP contribution is 2.30. The number of para-hydroxylation sites is 1. The van der Waals surface area contributed by atoms with Gasteiger partial charge in [0, 0.05) is 23.7 Å². The molecule has 4 rings (SSSR count). The molecule has 0 amide bonds. The van der Waals surface area contributed by atoms with Crippen LogP contribution < -0.4 is 10.4 Å². The van der Waals surface area contributed by atoms with Crippen molar-refractivity contribution in [3.05, 3.63) is 71.4 Å². The fraction of sp³-hybridized carbons (Fsp3) is 0.211. The van der Waals surface area contributed by atoms with E-state index in [0.717, 1.165) is 28.6 Å². The zero-order valence-electron chi connectivity index (χ0n) is 12.7. The fourth-order valence-electron chi connectivity index (χ4n) is 3.62. The zero-order chi connectivity index (χ0) is 15.8. The highest BCUT2D eigenvalue weighted by molar-refractivity contribution is 5.86. The number of benzene rings is 2. The maximum atomic E-state index is 11.5. The molecule has 4 nitrogen and oxygen atoms in total. The molecule has 0 bridgehead atoms. The third-order valence-electron chi connectivity index (χ3n) is 4.71. The third kappa shape index (κ3) is 2.51. The Morgan fingerprint density at radius 2 is 1.87 bits per heavy atom. The van der Waals surface area contributed by atoms with Crippen molar-refractivity contribution in [2.75, 3.05) is 0 Å². The van der Waals surface area contributed by atoms with Crippen LogP contribution >= 0.6 is 0 Å². The first-order chi connectivity index (χ1) is 11.2. The Balaban J connectivity index is 1.78. The lowest BCUT2D eigenvalue weighted by molar-refractivity contribution is -0.725. The van der Waals surface area contributed by atoms with Crippen LogP contribution in [0, 0.1) is 0 Å². The largest absolute Gasteiger partial charge is 0.544 e. The first-order valence-electron chi connectivity index (χ1n) is 7.91. The van der Waals surface area contributed by atoms with Gasteiger partial charge < -0.3 is 20.2 Å². The van der Waals surface area contributed by atoms with Gasteiger partial charge in [-0.15, -0.1) is 0 Å². The van der Waals surface area contributed by atoms with Crippen molar-refractivity contribution in [2.45, 2.75) is 24.9 Å². The average molecular weight is 306 g/mol. The molecule has 2 heterocycles. The normalized spacial score (nSPS) is 20.3. The van der Waals surface area contributed by atoms with Crippen LogP contribution in [-0.4, -0.2) is 17.0 Å². The van der Waals surface area contributed by atoms with Gasteiger partial charge in [-0.1, -0.05) is 48.5 Å². The molecule has 0 unspecified atom stereocenters. The zero-order valence-corrected chi connectivity index (χ0v) is 12.7. The first-order valence-corrected chi connectivity index (χ1v) is 7.91. The standard InChI is InChI=1S/C19H18N2O2/c22-19(23)17-11-14-13-8-4-5-9-15(13)21-18(14)16(20-17)10-12-6-2-1-3-7-12/h1-9,16-17,20-21H,10-11H2,(H,22,23)/t16-,17+/m1/s1. The minimum absolute atomic E-state index is 0.0662. The van der Waals surface area contributed by atoms with E-state index in [1.807, 2.05) is 41.7 Å². The molecule has 0 saturated heterocycles. The minimum Gasteiger partial charge on any atom is -0.544 e. The van der Waals surface area contributed by atoms with Gasteiger partial charge in [0.05, 0.1) is 11.7 Å². The molecule has 4 heteroatoms. The summed E-state index contributed by atoms with van der Waals surface area (Å²) >= 11 is 0. The van der Waals surface area contributed by atoms with E-state index in [2.05, 4.69) is 23.2 Å². The van der Waals surface area contributed by atoms with Gasteiger partial charge in [0.25, 0.3) is 0 Å². The lowest BCUT2D eigenvalue weighted by Crippen LogP contribution is -2.95. The monoisotopic (exact) mass is 306 g/mol. The van der Waals surface area contributed by atoms with Crippen LogP contribution in [0.2, 0.25) is 0 Å². The summed E-state index contributed by atoms with van der Waals surface area (Å²) in [4.78, 5) is 15.0. The first kappa shape index (κ1) is 14.0. The molecule has 3 N–H and O–H groups in total. The Hall–Kier alpha value is -2.59. The molecular weight excluding hydrogens is 288 g/mol. The number of quaternary nitrogens is 1. The van der Waals surface area contributed by atoms with E-state index in [9.17, 15) is 9.90 Å². The summed E-state index contributed by atoms with van der Waals surface area (Å²) in [6, 6.07) is 17.8. The number of hydrogen-bond donors (Lipinski definition) is 2. The molecular formula is C19H18N2O2. The Morgan fingerprint density at radius 3 is 2.65 bits per heavy atom. The second-order valence-electron chi connectivity index (χ2n) is 6.18. The number of aliphatic carboxylic acids is 1. The smallest absolute Gasteiger partial charge is 0.131 e. The predicted molar refractivity (Wildman–Crippen MR) is 85.6 cm³/mol. The van der Waals surface area contributed by atoms with E-state index < -0.39 is 12.0 Å². The number of carboxylic acids is 1. The number of aromatic amines is 1. The lowest BCUT2D eigenvalue weighted by atomic mass is 9.91. The van der Waals surface area contributed by atoms with Gasteiger partial charge in [0.2, 0.25) is 0 Å². The number of nitrogens with two attached hydrogens (primary N) is 1. The molecule has 23 heavy (non-hydrogen) atoms. The minimum atomic E-state index is -0.987. The number of nitrogens with one attached hydrogen (secondary N) is 1. The van der Waals surface area contributed by atoms with Crippen LogP contribution in [0.5, 0.6) is 0 Å². The van der Waals surface area contributed by atoms with E-state index in [4.69, 9.17) is 0 Å². The topological polar surface area (TPSA) is 72.5 Å². The number of carboxylic acid groups (broad SMARTS) is 1. The summed E-state index contributed by atoms with van der Waals surface area (Å²) < 4.78 is 0. The Kier molecular flexibility index (Phi) is 3.39. The van der Waals surface area contributed by atoms with Crippen LogP contribution in [-0.2, 0) is 17.6 Å². The maximum Gasteiger partial charge on any atom is 0.131 e. The molecule has 1 aromatic heterocycles. The van der Waals surface area contributed by atoms with Crippen LogP contribution in [0.4, 0.5) is 0 Å². The lowest BCUT2D eigenvalue weighted by Gasteiger charge is -2.28. The van der Waals surface area contributed by atoms with Crippen LogP contribution in [0.15, 0.2) is 54.6 Å². The van der Waals surface area contributed by atoms with Gasteiger partial charge in [-0.2, -0.15) is 0 Å². The second-order valence-corrected chi connectivity index (χ2v) is 6.18. The van der Waals surface area contributed by atoms with Crippen LogP contribution in [0.25, 0.3) is 10.9 Å². The molecule has 2 atom stereocenters. The fourth-order valence-corrected chi connectivity index (χ4v) is 3.62. The van der Waals surface area contributed by atoms with E-state index in [0.29, 0.717) is 6.42 Å². The number of rotatable bonds is 3. The number of carbonyl (C=O) groups is 1. The highest BCUT2D eigenvalue weighted by Gasteiger charge is 2.33. The Bertz CT molecular complexity index is 854. The van der Waals surface area contributed by atoms with Gasteiger partial charge in [0.1, 0.15) is 12.1 Å². The number of carbonyl (C=O) groups excluding carboxylic acids is 1. The predicted octanol–water partition coefficient (Wildman–Crippen LogP) is 0.690. The SMILES string of the molecule is O=C([O-])[C@@H]1Cc2c([nH]c3ccccc23)[C@@H](Cc2ccccc2)[NH2+]1. The number of H-pyrrole nitrogens is 1. The van der Waals surface area contributed by atoms with Crippen molar-refractivity contribution in [1.82, 2.24) is 4.98 Å². The molecule has 0 aliphatic carbocycles. The van der Waals surface area contributed by atoms with E-state index in [-0.39, 0.29) is 6.04 Å².